The summed E-state index contributed by atoms with van der Waals surface area (Å²) >= 11 is 0. The molecule has 2 bridgehead atoms. The zero-order valence-electron chi connectivity index (χ0n) is 12.0. The molecule has 3 fully saturated rings. The van der Waals surface area contributed by atoms with Crippen molar-refractivity contribution in [2.75, 3.05) is 6.54 Å². The molecule has 1 aromatic rings. The number of aryl methyl sites for hydroxylation is 1. The van der Waals surface area contributed by atoms with Gasteiger partial charge in [-0.15, -0.1) is 0 Å². The van der Waals surface area contributed by atoms with E-state index in [1.807, 2.05) is 6.20 Å². The van der Waals surface area contributed by atoms with E-state index in [1.165, 1.54) is 30.4 Å². The van der Waals surface area contributed by atoms with Gasteiger partial charge in [-0.05, 0) is 73.4 Å². The highest BCUT2D eigenvalue weighted by Crippen LogP contribution is 2.72. The molecular weight excluding hydrogens is 232 g/mol. The number of hydrogen-bond donors (Lipinski definition) is 1. The number of hydrogen-bond acceptors (Lipinski definition) is 2. The summed E-state index contributed by atoms with van der Waals surface area (Å²) in [4.78, 5) is 4.41. The SMILES string of the molecule is CCNC(c1cncc(C)c1)C1C2C3CCC(C3)C21. The topological polar surface area (TPSA) is 24.9 Å². The summed E-state index contributed by atoms with van der Waals surface area (Å²) in [5, 5.41) is 3.75. The molecule has 0 amide bonds. The second-order valence-corrected chi connectivity index (χ2v) is 6.90. The highest BCUT2D eigenvalue weighted by atomic mass is 15.0. The van der Waals surface area contributed by atoms with Crippen molar-refractivity contribution in [3.05, 3.63) is 29.6 Å². The molecule has 0 saturated heterocycles. The maximum Gasteiger partial charge on any atom is 0.0369 e. The van der Waals surface area contributed by atoms with Crippen molar-refractivity contribution >= 4 is 0 Å². The molecule has 5 atom stereocenters. The fourth-order valence-electron chi connectivity index (χ4n) is 5.28. The fraction of sp³-hybridized carbons (Fsp3) is 0.706. The van der Waals surface area contributed by atoms with E-state index in [-0.39, 0.29) is 0 Å². The first-order valence-electron chi connectivity index (χ1n) is 7.94. The Kier molecular flexibility index (Phi) is 2.70. The quantitative estimate of drug-likeness (QED) is 0.893. The van der Waals surface area contributed by atoms with Crippen molar-refractivity contribution < 1.29 is 0 Å². The molecule has 1 heterocycles. The van der Waals surface area contributed by atoms with Gasteiger partial charge in [0.2, 0.25) is 0 Å². The van der Waals surface area contributed by atoms with Gasteiger partial charge in [-0.1, -0.05) is 13.0 Å². The Hall–Kier alpha value is -0.890. The average Bonchev–Trinajstić information content (AvgIpc) is 2.82. The Morgan fingerprint density at radius 1 is 1.26 bits per heavy atom. The number of rotatable bonds is 4. The molecule has 102 valence electrons. The van der Waals surface area contributed by atoms with Crippen molar-refractivity contribution in [2.45, 2.75) is 39.2 Å². The lowest BCUT2D eigenvalue weighted by molar-refractivity contribution is 0.374. The summed E-state index contributed by atoms with van der Waals surface area (Å²) in [5.41, 5.74) is 2.70. The standard InChI is InChI=1S/C17H24N2/c1-3-19-17(13-6-10(2)8-18-9-13)16-14-11-4-5-12(7-11)15(14)16/h6,8-9,11-12,14-17,19H,3-5,7H2,1-2H3. The Balaban J connectivity index is 1.60. The molecule has 1 aromatic heterocycles. The minimum absolute atomic E-state index is 0.552. The zero-order valence-corrected chi connectivity index (χ0v) is 12.0. The van der Waals surface area contributed by atoms with Crippen LogP contribution in [0.5, 0.6) is 0 Å². The Labute approximate surface area is 116 Å². The molecular formula is C17H24N2. The highest BCUT2D eigenvalue weighted by Gasteiger charge is 2.66. The van der Waals surface area contributed by atoms with Crippen molar-refractivity contribution in [3.8, 4) is 0 Å². The highest BCUT2D eigenvalue weighted by molar-refractivity contribution is 5.26. The first kappa shape index (κ1) is 11.9. The van der Waals surface area contributed by atoms with Gasteiger partial charge < -0.3 is 5.32 Å². The number of nitrogens with zero attached hydrogens (tertiary/aromatic N) is 1. The number of pyridine rings is 1. The van der Waals surface area contributed by atoms with E-state index in [4.69, 9.17) is 0 Å². The van der Waals surface area contributed by atoms with Crippen molar-refractivity contribution in [1.82, 2.24) is 10.3 Å². The smallest absolute Gasteiger partial charge is 0.0369 e. The molecule has 2 heteroatoms. The second-order valence-electron chi connectivity index (χ2n) is 6.90. The third-order valence-electron chi connectivity index (χ3n) is 5.86. The average molecular weight is 256 g/mol. The van der Waals surface area contributed by atoms with Crippen LogP contribution in [0.25, 0.3) is 0 Å². The molecule has 5 unspecified atom stereocenters. The maximum absolute atomic E-state index is 4.41. The van der Waals surface area contributed by atoms with Gasteiger partial charge in [-0.2, -0.15) is 0 Å². The number of aromatic nitrogens is 1. The number of nitrogens with one attached hydrogen (secondary N) is 1. The predicted molar refractivity (Wildman–Crippen MR) is 76.7 cm³/mol. The third-order valence-corrected chi connectivity index (χ3v) is 5.86. The lowest BCUT2D eigenvalue weighted by Gasteiger charge is -2.22. The van der Waals surface area contributed by atoms with Crippen LogP contribution < -0.4 is 5.32 Å². The van der Waals surface area contributed by atoms with Crippen LogP contribution in [0.1, 0.15) is 43.4 Å². The minimum atomic E-state index is 0.552. The van der Waals surface area contributed by atoms with Crippen LogP contribution in [0.3, 0.4) is 0 Å². The lowest BCUT2D eigenvalue weighted by Crippen LogP contribution is -2.25. The van der Waals surface area contributed by atoms with Crippen LogP contribution >= 0.6 is 0 Å². The van der Waals surface area contributed by atoms with Crippen molar-refractivity contribution in [1.29, 1.82) is 0 Å². The maximum atomic E-state index is 4.41. The van der Waals surface area contributed by atoms with Gasteiger partial charge in [-0.25, -0.2) is 0 Å². The summed E-state index contributed by atoms with van der Waals surface area (Å²) in [7, 11) is 0. The van der Waals surface area contributed by atoms with Gasteiger partial charge in [0.15, 0.2) is 0 Å². The molecule has 3 aliphatic rings. The molecule has 3 aliphatic carbocycles. The Morgan fingerprint density at radius 3 is 2.63 bits per heavy atom. The van der Waals surface area contributed by atoms with Crippen LogP contribution in [0, 0.1) is 36.5 Å². The summed E-state index contributed by atoms with van der Waals surface area (Å²) in [6.45, 7) is 5.43. The van der Waals surface area contributed by atoms with E-state index in [2.05, 4.69) is 36.4 Å². The lowest BCUT2D eigenvalue weighted by atomic mass is 9.93. The van der Waals surface area contributed by atoms with Crippen LogP contribution in [0.4, 0.5) is 0 Å². The van der Waals surface area contributed by atoms with Crippen molar-refractivity contribution in [2.24, 2.45) is 29.6 Å². The van der Waals surface area contributed by atoms with Gasteiger partial charge in [-0.3, -0.25) is 4.98 Å². The molecule has 4 rings (SSSR count). The molecule has 0 radical (unpaired) electrons. The molecule has 0 aromatic carbocycles. The molecule has 0 spiro atoms. The second kappa shape index (κ2) is 4.31. The molecule has 3 saturated carbocycles. The van der Waals surface area contributed by atoms with Crippen molar-refractivity contribution in [3.63, 3.8) is 0 Å². The van der Waals surface area contributed by atoms with Gasteiger partial charge in [0.25, 0.3) is 0 Å². The van der Waals surface area contributed by atoms with E-state index in [0.29, 0.717) is 6.04 Å². The summed E-state index contributed by atoms with van der Waals surface area (Å²) in [6.07, 6.45) is 8.59. The molecule has 0 aliphatic heterocycles. The normalized spacial score (nSPS) is 40.2. The van der Waals surface area contributed by atoms with E-state index in [9.17, 15) is 0 Å². The number of fused-ring (bicyclic) bond motifs is 5. The molecule has 1 N–H and O–H groups in total. The Bertz CT molecular complexity index is 468. The van der Waals surface area contributed by atoms with Crippen LogP contribution in [0.2, 0.25) is 0 Å². The molecule has 19 heavy (non-hydrogen) atoms. The van der Waals surface area contributed by atoms with E-state index < -0.39 is 0 Å². The predicted octanol–water partition coefficient (Wildman–Crippen LogP) is 3.33. The largest absolute Gasteiger partial charge is 0.310 e. The molecule has 2 nitrogen and oxygen atoms in total. The summed E-state index contributed by atoms with van der Waals surface area (Å²) in [5.74, 6) is 5.07. The van der Waals surface area contributed by atoms with Gasteiger partial charge in [0.1, 0.15) is 0 Å². The first-order chi connectivity index (χ1) is 9.29. The summed E-state index contributed by atoms with van der Waals surface area (Å²) < 4.78 is 0. The van der Waals surface area contributed by atoms with Gasteiger partial charge in [0, 0.05) is 18.4 Å². The van der Waals surface area contributed by atoms with Crippen LogP contribution in [-0.4, -0.2) is 11.5 Å². The van der Waals surface area contributed by atoms with Crippen LogP contribution in [-0.2, 0) is 0 Å². The first-order valence-corrected chi connectivity index (χ1v) is 7.94. The van der Waals surface area contributed by atoms with E-state index >= 15 is 0 Å². The van der Waals surface area contributed by atoms with Gasteiger partial charge >= 0.3 is 0 Å². The van der Waals surface area contributed by atoms with E-state index in [1.54, 1.807) is 0 Å². The Morgan fingerprint density at radius 2 is 2.00 bits per heavy atom. The van der Waals surface area contributed by atoms with Gasteiger partial charge in [0.05, 0.1) is 0 Å². The fourth-order valence-corrected chi connectivity index (χ4v) is 5.28. The minimum Gasteiger partial charge on any atom is -0.310 e. The van der Waals surface area contributed by atoms with Crippen LogP contribution in [0.15, 0.2) is 18.5 Å². The van der Waals surface area contributed by atoms with E-state index in [0.717, 1.165) is 36.1 Å². The monoisotopic (exact) mass is 256 g/mol. The summed E-state index contributed by atoms with van der Waals surface area (Å²) in [6, 6.07) is 2.88. The third kappa shape index (κ3) is 1.76. The zero-order chi connectivity index (χ0) is 13.0.